The minimum Gasteiger partial charge on any atom is -0.508 e. The lowest BCUT2D eigenvalue weighted by molar-refractivity contribution is -0.143. The molecule has 3 rings (SSSR count). The van der Waals surface area contributed by atoms with E-state index in [2.05, 4.69) is 20.9 Å². The molecule has 0 saturated heterocycles. The van der Waals surface area contributed by atoms with Crippen LogP contribution in [-0.2, 0) is 32.0 Å². The van der Waals surface area contributed by atoms with Crippen molar-refractivity contribution in [1.29, 1.82) is 0 Å². The molecule has 3 aromatic rings. The highest BCUT2D eigenvalue weighted by Gasteiger charge is 2.33. The van der Waals surface area contributed by atoms with E-state index in [1.807, 2.05) is 24.3 Å². The van der Waals surface area contributed by atoms with Crippen LogP contribution in [0.5, 0.6) is 5.75 Å². The van der Waals surface area contributed by atoms with Crippen LogP contribution in [0.25, 0.3) is 10.9 Å². The van der Waals surface area contributed by atoms with Crippen molar-refractivity contribution < 1.29 is 34.5 Å². The van der Waals surface area contributed by atoms with Gasteiger partial charge in [-0.05, 0) is 55.6 Å². The number of nitrogens with one attached hydrogen (secondary N) is 4. The summed E-state index contributed by atoms with van der Waals surface area (Å²) in [5.41, 5.74) is 13.7. The van der Waals surface area contributed by atoms with E-state index in [0.717, 1.165) is 16.5 Å². The van der Waals surface area contributed by atoms with E-state index in [0.29, 0.717) is 31.4 Å². The summed E-state index contributed by atoms with van der Waals surface area (Å²) in [6.07, 6.45) is 1.93. The number of carbonyl (C=O) groups excluding carboxylic acids is 3. The van der Waals surface area contributed by atoms with E-state index in [9.17, 15) is 34.5 Å². The number of amides is 3. The van der Waals surface area contributed by atoms with Crippen molar-refractivity contribution in [1.82, 2.24) is 20.9 Å². The second-order valence-corrected chi connectivity index (χ2v) is 10.5. The molecule has 5 atom stereocenters. The number of benzene rings is 2. The molecule has 0 aliphatic rings. The molecule has 2 aromatic carbocycles. The number of carbonyl (C=O) groups is 4. The smallest absolute Gasteiger partial charge is 0.326 e. The molecule has 0 fully saturated rings. The average molecular weight is 597 g/mol. The first kappa shape index (κ1) is 33.0. The second kappa shape index (κ2) is 15.7. The van der Waals surface area contributed by atoms with Crippen LogP contribution < -0.4 is 27.4 Å². The number of aromatic amines is 1. The molecule has 43 heavy (non-hydrogen) atoms. The molecule has 1 aromatic heterocycles. The molecular weight excluding hydrogens is 556 g/mol. The van der Waals surface area contributed by atoms with Crippen molar-refractivity contribution in [2.75, 3.05) is 6.54 Å². The summed E-state index contributed by atoms with van der Waals surface area (Å²) in [5.74, 6) is -3.58. The van der Waals surface area contributed by atoms with Crippen LogP contribution in [0, 0.1) is 0 Å². The maximum absolute atomic E-state index is 13.6. The Hall–Kier alpha value is -4.46. The molecule has 0 saturated carbocycles. The van der Waals surface area contributed by atoms with Gasteiger partial charge in [0.2, 0.25) is 17.7 Å². The number of phenols is 1. The fourth-order valence-corrected chi connectivity index (χ4v) is 4.64. The summed E-state index contributed by atoms with van der Waals surface area (Å²) < 4.78 is 0. The van der Waals surface area contributed by atoms with Crippen LogP contribution in [0.4, 0.5) is 0 Å². The van der Waals surface area contributed by atoms with Crippen LogP contribution in [0.1, 0.15) is 37.3 Å². The number of aromatic nitrogens is 1. The van der Waals surface area contributed by atoms with Gasteiger partial charge >= 0.3 is 5.97 Å². The molecule has 0 radical (unpaired) electrons. The quantitative estimate of drug-likeness (QED) is 0.101. The number of rotatable bonds is 16. The molecular formula is C30H40N6O7. The number of carboxylic acids is 1. The number of aliphatic hydroxyl groups is 1. The van der Waals surface area contributed by atoms with Gasteiger partial charge in [-0.25, -0.2) is 4.79 Å². The standard InChI is InChI=1S/C30H40N6O7/c1-17(37)26(29(41)35-25(30(42)43)14-18-9-11-20(38)12-10-18)36-28(40)24(34-27(39)22(32)7-4-5-13-31)15-19-16-33-23-8-3-2-6-21(19)23/h2-3,6,8-12,16-17,22,24-26,33,37-38H,4-5,7,13-15,31-32H2,1H3,(H,34,39)(H,35,41)(H,36,40)(H,42,43). The number of phenolic OH excluding ortho intramolecular Hbond substituents is 1. The molecule has 11 N–H and O–H groups in total. The predicted molar refractivity (Wildman–Crippen MR) is 160 cm³/mol. The number of aliphatic hydroxyl groups excluding tert-OH is 1. The third-order valence-electron chi connectivity index (χ3n) is 7.09. The normalized spacial score (nSPS) is 14.7. The van der Waals surface area contributed by atoms with E-state index in [1.54, 1.807) is 6.20 Å². The van der Waals surface area contributed by atoms with E-state index in [-0.39, 0.29) is 18.6 Å². The van der Waals surface area contributed by atoms with E-state index in [4.69, 9.17) is 11.5 Å². The number of para-hydroxylation sites is 1. The Bertz CT molecular complexity index is 1390. The zero-order chi connectivity index (χ0) is 31.5. The van der Waals surface area contributed by atoms with Crippen LogP contribution in [0.15, 0.2) is 54.7 Å². The van der Waals surface area contributed by atoms with Crippen LogP contribution in [-0.4, -0.2) is 80.8 Å². The highest BCUT2D eigenvalue weighted by molar-refractivity contribution is 5.95. The number of aromatic hydroxyl groups is 1. The third-order valence-corrected chi connectivity index (χ3v) is 7.09. The number of unbranched alkanes of at least 4 members (excludes halogenated alkanes) is 1. The Balaban J connectivity index is 1.78. The van der Waals surface area contributed by atoms with Gasteiger partial charge in [-0.3, -0.25) is 14.4 Å². The monoisotopic (exact) mass is 596 g/mol. The fourth-order valence-electron chi connectivity index (χ4n) is 4.64. The Labute approximate surface area is 249 Å². The van der Waals surface area contributed by atoms with Gasteiger partial charge in [-0.1, -0.05) is 36.8 Å². The molecule has 13 nitrogen and oxygen atoms in total. The zero-order valence-electron chi connectivity index (χ0n) is 24.0. The number of hydrogen-bond donors (Lipinski definition) is 9. The van der Waals surface area contributed by atoms with Gasteiger partial charge in [0, 0.05) is 29.9 Å². The first-order valence-electron chi connectivity index (χ1n) is 14.1. The molecule has 3 amide bonds. The Morgan fingerprint density at radius 2 is 1.56 bits per heavy atom. The average Bonchev–Trinajstić information content (AvgIpc) is 3.38. The second-order valence-electron chi connectivity index (χ2n) is 10.5. The van der Waals surface area contributed by atoms with E-state index in [1.165, 1.54) is 31.2 Å². The summed E-state index contributed by atoms with van der Waals surface area (Å²) in [4.78, 5) is 54.7. The number of carboxylic acid groups (broad SMARTS) is 1. The first-order valence-corrected chi connectivity index (χ1v) is 14.1. The van der Waals surface area contributed by atoms with Gasteiger partial charge in [0.15, 0.2) is 0 Å². The first-order chi connectivity index (χ1) is 20.5. The zero-order valence-corrected chi connectivity index (χ0v) is 24.0. The highest BCUT2D eigenvalue weighted by atomic mass is 16.4. The molecule has 5 unspecified atom stereocenters. The van der Waals surface area contributed by atoms with Crippen molar-refractivity contribution in [2.45, 2.75) is 69.3 Å². The van der Waals surface area contributed by atoms with Gasteiger partial charge in [-0.2, -0.15) is 0 Å². The van der Waals surface area contributed by atoms with Crippen molar-refractivity contribution >= 4 is 34.6 Å². The maximum Gasteiger partial charge on any atom is 0.326 e. The number of fused-ring (bicyclic) bond motifs is 1. The third kappa shape index (κ3) is 9.53. The maximum atomic E-state index is 13.6. The molecule has 0 bridgehead atoms. The predicted octanol–water partition coefficient (Wildman–Crippen LogP) is 0.0348. The highest BCUT2D eigenvalue weighted by Crippen LogP contribution is 2.19. The largest absolute Gasteiger partial charge is 0.508 e. The topological polar surface area (TPSA) is 233 Å². The van der Waals surface area contributed by atoms with Crippen molar-refractivity contribution in [3.8, 4) is 5.75 Å². The fraction of sp³-hybridized carbons (Fsp3) is 0.400. The lowest BCUT2D eigenvalue weighted by Crippen LogP contribution is -2.60. The minimum absolute atomic E-state index is 0.00217. The molecule has 232 valence electrons. The lowest BCUT2D eigenvalue weighted by atomic mass is 10.0. The van der Waals surface area contributed by atoms with E-state index < -0.39 is 54.0 Å². The summed E-state index contributed by atoms with van der Waals surface area (Å²) in [6, 6.07) is 8.26. The molecule has 0 spiro atoms. The summed E-state index contributed by atoms with van der Waals surface area (Å²) in [7, 11) is 0. The van der Waals surface area contributed by atoms with Gasteiger partial charge in [-0.15, -0.1) is 0 Å². The number of nitrogens with two attached hydrogens (primary N) is 2. The van der Waals surface area contributed by atoms with Gasteiger partial charge in [0.05, 0.1) is 12.1 Å². The Morgan fingerprint density at radius 3 is 2.21 bits per heavy atom. The van der Waals surface area contributed by atoms with Gasteiger partial charge < -0.3 is 47.7 Å². The summed E-state index contributed by atoms with van der Waals surface area (Å²) in [5, 5.41) is 37.9. The molecule has 0 aliphatic heterocycles. The number of hydrogen-bond acceptors (Lipinski definition) is 8. The van der Waals surface area contributed by atoms with Crippen LogP contribution >= 0.6 is 0 Å². The summed E-state index contributed by atoms with van der Waals surface area (Å²) in [6.45, 7) is 1.74. The number of H-pyrrole nitrogens is 1. The van der Waals surface area contributed by atoms with Crippen LogP contribution in [0.2, 0.25) is 0 Å². The SMILES string of the molecule is CC(O)C(NC(=O)C(Cc1c[nH]c2ccccc12)NC(=O)C(N)CCCCN)C(=O)NC(Cc1ccc(O)cc1)C(=O)O. The molecule has 1 heterocycles. The molecule has 0 aliphatic carbocycles. The molecule has 13 heteroatoms. The van der Waals surface area contributed by atoms with Crippen molar-refractivity contribution in [2.24, 2.45) is 11.5 Å². The van der Waals surface area contributed by atoms with Crippen LogP contribution in [0.3, 0.4) is 0 Å². The Morgan fingerprint density at radius 1 is 0.884 bits per heavy atom. The van der Waals surface area contributed by atoms with E-state index >= 15 is 0 Å². The minimum atomic E-state index is -1.53. The van der Waals surface area contributed by atoms with Crippen molar-refractivity contribution in [3.63, 3.8) is 0 Å². The lowest BCUT2D eigenvalue weighted by Gasteiger charge is -2.26. The van der Waals surface area contributed by atoms with Crippen molar-refractivity contribution in [3.05, 3.63) is 65.9 Å². The Kier molecular flexibility index (Phi) is 12.0. The van der Waals surface area contributed by atoms with Gasteiger partial charge in [0.1, 0.15) is 23.9 Å². The van der Waals surface area contributed by atoms with Gasteiger partial charge in [0.25, 0.3) is 0 Å². The number of aliphatic carboxylic acids is 1. The summed E-state index contributed by atoms with van der Waals surface area (Å²) >= 11 is 0.